The molecule has 108 valence electrons. The smallest absolute Gasteiger partial charge is 0.0513 e. The Morgan fingerprint density at radius 2 is 2.15 bits per heavy atom. The topological polar surface area (TPSA) is 29.3 Å². The zero-order valence-corrected chi connectivity index (χ0v) is 13.2. The van der Waals surface area contributed by atoms with E-state index < -0.39 is 0 Å². The maximum absolute atomic E-state index is 6.49. The Hall–Kier alpha value is -0.900. The van der Waals surface area contributed by atoms with E-state index in [4.69, 9.17) is 5.73 Å². The van der Waals surface area contributed by atoms with Crippen molar-refractivity contribution in [3.05, 3.63) is 35.2 Å². The number of nitrogens with two attached hydrogens (primary N) is 1. The van der Waals surface area contributed by atoms with Crippen molar-refractivity contribution in [3.8, 4) is 0 Å². The Balaban J connectivity index is 1.99. The summed E-state index contributed by atoms with van der Waals surface area (Å²) in [5, 5.41) is 3.72. The van der Waals surface area contributed by atoms with E-state index in [9.17, 15) is 0 Å². The van der Waals surface area contributed by atoms with Crippen LogP contribution in [0.3, 0.4) is 0 Å². The lowest BCUT2D eigenvalue weighted by molar-refractivity contribution is 0.115. The van der Waals surface area contributed by atoms with Crippen LogP contribution in [-0.2, 0) is 0 Å². The van der Waals surface area contributed by atoms with Crippen LogP contribution in [0.4, 0.5) is 0 Å². The summed E-state index contributed by atoms with van der Waals surface area (Å²) >= 11 is 1.85. The van der Waals surface area contributed by atoms with Crippen molar-refractivity contribution in [1.82, 2.24) is 4.90 Å². The molecule has 2 nitrogen and oxygen atoms in total. The fraction of sp³-hybridized carbons (Fsp3) is 0.529. The number of likely N-dealkylation sites (tertiary alicyclic amines) is 1. The number of piperidine rings is 1. The summed E-state index contributed by atoms with van der Waals surface area (Å²) < 4.78 is 1.38. The second kappa shape index (κ2) is 5.84. The van der Waals surface area contributed by atoms with Crippen molar-refractivity contribution >= 4 is 21.4 Å². The van der Waals surface area contributed by atoms with Crippen LogP contribution in [0.5, 0.6) is 0 Å². The van der Waals surface area contributed by atoms with Crippen LogP contribution in [0, 0.1) is 5.92 Å². The second-order valence-corrected chi connectivity index (χ2v) is 7.24. The lowest BCUT2D eigenvalue weighted by atomic mass is 9.90. The van der Waals surface area contributed by atoms with Gasteiger partial charge in [-0.25, -0.2) is 0 Å². The summed E-state index contributed by atoms with van der Waals surface area (Å²) in [6.07, 6.45) is 2.37. The average Bonchev–Trinajstić information content (AvgIpc) is 2.82. The van der Waals surface area contributed by atoms with Gasteiger partial charge in [0.05, 0.1) is 6.04 Å². The zero-order chi connectivity index (χ0) is 14.1. The molecule has 1 aliphatic rings. The average molecular weight is 288 g/mol. The normalized spacial score (nSPS) is 24.6. The number of nitrogens with zero attached hydrogens (tertiary/aromatic N) is 1. The molecule has 3 rings (SSSR count). The van der Waals surface area contributed by atoms with E-state index in [2.05, 4.69) is 48.4 Å². The van der Waals surface area contributed by atoms with E-state index in [0.717, 1.165) is 13.0 Å². The van der Waals surface area contributed by atoms with Gasteiger partial charge in [-0.3, -0.25) is 4.90 Å². The van der Waals surface area contributed by atoms with E-state index in [-0.39, 0.29) is 6.04 Å². The largest absolute Gasteiger partial charge is 0.326 e. The highest BCUT2D eigenvalue weighted by Gasteiger charge is 2.32. The molecule has 0 bridgehead atoms. The summed E-state index contributed by atoms with van der Waals surface area (Å²) in [6, 6.07) is 9.37. The molecule has 0 spiro atoms. The van der Waals surface area contributed by atoms with Gasteiger partial charge in [0.25, 0.3) is 0 Å². The van der Waals surface area contributed by atoms with Gasteiger partial charge in [-0.15, -0.1) is 11.3 Å². The molecule has 1 aliphatic heterocycles. The van der Waals surface area contributed by atoms with Crippen molar-refractivity contribution in [2.45, 2.75) is 38.8 Å². The van der Waals surface area contributed by atoms with Crippen LogP contribution in [0.1, 0.15) is 38.3 Å². The Bertz CT molecular complexity index is 575. The van der Waals surface area contributed by atoms with E-state index in [0.29, 0.717) is 12.0 Å². The van der Waals surface area contributed by atoms with Gasteiger partial charge in [-0.1, -0.05) is 32.0 Å². The van der Waals surface area contributed by atoms with Gasteiger partial charge in [0.1, 0.15) is 0 Å². The highest BCUT2D eigenvalue weighted by Crippen LogP contribution is 2.37. The third kappa shape index (κ3) is 2.62. The number of fused-ring (bicyclic) bond motifs is 1. The van der Waals surface area contributed by atoms with Gasteiger partial charge >= 0.3 is 0 Å². The van der Waals surface area contributed by atoms with Crippen molar-refractivity contribution < 1.29 is 0 Å². The number of benzene rings is 1. The van der Waals surface area contributed by atoms with Gasteiger partial charge in [0, 0.05) is 17.3 Å². The van der Waals surface area contributed by atoms with E-state index in [1.54, 1.807) is 0 Å². The Morgan fingerprint density at radius 3 is 2.95 bits per heavy atom. The predicted molar refractivity (Wildman–Crippen MR) is 88.2 cm³/mol. The SMILES string of the molecule is CC(C)CN1CCCC(N)C1c1csc2ccccc12. The van der Waals surface area contributed by atoms with E-state index >= 15 is 0 Å². The van der Waals surface area contributed by atoms with Crippen molar-refractivity contribution in [3.63, 3.8) is 0 Å². The minimum absolute atomic E-state index is 0.264. The van der Waals surface area contributed by atoms with Crippen LogP contribution < -0.4 is 5.73 Å². The standard InChI is InChI=1S/C17H24N2S/c1-12(2)10-19-9-5-7-15(18)17(19)14-11-20-16-8-4-3-6-13(14)16/h3-4,6,8,11-12,15,17H,5,7,9-10,18H2,1-2H3. The molecule has 0 aliphatic carbocycles. The minimum Gasteiger partial charge on any atom is -0.326 e. The van der Waals surface area contributed by atoms with E-state index in [1.807, 2.05) is 11.3 Å². The Morgan fingerprint density at radius 1 is 1.35 bits per heavy atom. The fourth-order valence-electron chi connectivity index (χ4n) is 3.43. The first-order valence-corrected chi connectivity index (χ1v) is 8.50. The number of hydrogen-bond donors (Lipinski definition) is 1. The molecule has 2 heterocycles. The van der Waals surface area contributed by atoms with Gasteiger partial charge in [0.2, 0.25) is 0 Å². The molecule has 2 unspecified atom stereocenters. The first-order chi connectivity index (χ1) is 9.66. The Kier molecular flexibility index (Phi) is 4.11. The maximum atomic E-state index is 6.49. The molecule has 1 fully saturated rings. The molecule has 1 aromatic carbocycles. The molecular formula is C17H24N2S. The summed E-state index contributed by atoms with van der Waals surface area (Å²) in [6.45, 7) is 6.91. The number of rotatable bonds is 3. The third-order valence-corrected chi connectivity index (χ3v) is 5.19. The third-order valence-electron chi connectivity index (χ3n) is 4.21. The molecule has 2 atom stereocenters. The van der Waals surface area contributed by atoms with E-state index in [1.165, 1.54) is 28.6 Å². The maximum Gasteiger partial charge on any atom is 0.0513 e. The van der Waals surface area contributed by atoms with Crippen LogP contribution >= 0.6 is 11.3 Å². The van der Waals surface area contributed by atoms with Crippen LogP contribution in [-0.4, -0.2) is 24.0 Å². The molecule has 2 N–H and O–H groups in total. The molecule has 1 aromatic heterocycles. The molecule has 0 amide bonds. The van der Waals surface area contributed by atoms with Crippen LogP contribution in [0.15, 0.2) is 29.6 Å². The number of hydrogen-bond acceptors (Lipinski definition) is 3. The number of thiophene rings is 1. The molecule has 20 heavy (non-hydrogen) atoms. The minimum atomic E-state index is 0.264. The molecule has 3 heteroatoms. The fourth-order valence-corrected chi connectivity index (χ4v) is 4.42. The molecule has 0 radical (unpaired) electrons. The predicted octanol–water partition coefficient (Wildman–Crippen LogP) is 4.02. The highest BCUT2D eigenvalue weighted by atomic mass is 32.1. The molecule has 1 saturated heterocycles. The quantitative estimate of drug-likeness (QED) is 0.924. The summed E-state index contributed by atoms with van der Waals surface area (Å²) in [5.74, 6) is 0.688. The zero-order valence-electron chi connectivity index (χ0n) is 12.4. The summed E-state index contributed by atoms with van der Waals surface area (Å²) in [7, 11) is 0. The first-order valence-electron chi connectivity index (χ1n) is 7.62. The summed E-state index contributed by atoms with van der Waals surface area (Å²) in [4.78, 5) is 2.60. The van der Waals surface area contributed by atoms with Gasteiger partial charge in [0.15, 0.2) is 0 Å². The molecule has 2 aromatic rings. The van der Waals surface area contributed by atoms with Crippen molar-refractivity contribution in [2.24, 2.45) is 11.7 Å². The first kappa shape index (κ1) is 14.1. The van der Waals surface area contributed by atoms with Gasteiger partial charge < -0.3 is 5.73 Å². The molecular weight excluding hydrogens is 264 g/mol. The summed E-state index contributed by atoms with van der Waals surface area (Å²) in [5.41, 5.74) is 7.93. The van der Waals surface area contributed by atoms with Crippen LogP contribution in [0.2, 0.25) is 0 Å². The lowest BCUT2D eigenvalue weighted by Gasteiger charge is -2.40. The van der Waals surface area contributed by atoms with Crippen LogP contribution in [0.25, 0.3) is 10.1 Å². The van der Waals surface area contributed by atoms with Gasteiger partial charge in [-0.05, 0) is 47.7 Å². The second-order valence-electron chi connectivity index (χ2n) is 6.33. The van der Waals surface area contributed by atoms with Crippen molar-refractivity contribution in [2.75, 3.05) is 13.1 Å². The van der Waals surface area contributed by atoms with Crippen molar-refractivity contribution in [1.29, 1.82) is 0 Å². The molecule has 0 saturated carbocycles. The highest BCUT2D eigenvalue weighted by molar-refractivity contribution is 7.17. The monoisotopic (exact) mass is 288 g/mol. The lowest BCUT2D eigenvalue weighted by Crippen LogP contribution is -2.46. The Labute approximate surface area is 125 Å². The van der Waals surface area contributed by atoms with Gasteiger partial charge in [-0.2, -0.15) is 0 Å².